The summed E-state index contributed by atoms with van der Waals surface area (Å²) in [6.07, 6.45) is 0. The van der Waals surface area contributed by atoms with Crippen LogP contribution in [-0.2, 0) is 21.3 Å². The number of nitrogens with one attached hydrogen (secondary N) is 2. The van der Waals surface area contributed by atoms with Gasteiger partial charge in [-0.05, 0) is 31.0 Å². The Morgan fingerprint density at radius 1 is 1.47 bits per heavy atom. The number of rotatable bonds is 8. The van der Waals surface area contributed by atoms with E-state index in [0.29, 0.717) is 30.5 Å². The third kappa shape index (κ3) is 4.72. The first-order chi connectivity index (χ1) is 8.10. The molecular weight excluding hydrogens is 260 g/mol. The summed E-state index contributed by atoms with van der Waals surface area (Å²) in [5, 5.41) is 4.82. The van der Waals surface area contributed by atoms with E-state index in [0.717, 1.165) is 5.56 Å². The van der Waals surface area contributed by atoms with E-state index in [-0.39, 0.29) is 0 Å². The number of hydrogen-bond donors (Lipinski definition) is 2. The van der Waals surface area contributed by atoms with Crippen LogP contribution in [0.25, 0.3) is 0 Å². The van der Waals surface area contributed by atoms with Gasteiger partial charge in [-0.15, -0.1) is 11.3 Å². The highest BCUT2D eigenvalue weighted by molar-refractivity contribution is 7.91. The molecule has 0 saturated carbocycles. The van der Waals surface area contributed by atoms with Crippen LogP contribution in [-0.4, -0.2) is 35.2 Å². The number of thiophene rings is 1. The van der Waals surface area contributed by atoms with Crippen molar-refractivity contribution in [2.24, 2.45) is 0 Å². The largest absolute Gasteiger partial charge is 0.380 e. The number of hydrogen-bond acceptors (Lipinski definition) is 5. The maximum atomic E-state index is 11.8. The van der Waals surface area contributed by atoms with Gasteiger partial charge in [0.2, 0.25) is 10.0 Å². The highest BCUT2D eigenvalue weighted by Crippen LogP contribution is 2.19. The molecule has 0 atom stereocenters. The quantitative estimate of drug-likeness (QED) is 0.690. The topological polar surface area (TPSA) is 67.4 Å². The van der Waals surface area contributed by atoms with Crippen LogP contribution >= 0.6 is 11.3 Å². The van der Waals surface area contributed by atoms with E-state index in [2.05, 4.69) is 10.0 Å². The van der Waals surface area contributed by atoms with Crippen LogP contribution in [0, 0.1) is 0 Å². The monoisotopic (exact) mass is 278 g/mol. The van der Waals surface area contributed by atoms with Crippen LogP contribution < -0.4 is 10.0 Å². The van der Waals surface area contributed by atoms with Gasteiger partial charge in [-0.3, -0.25) is 0 Å². The molecule has 0 bridgehead atoms. The number of ether oxygens (including phenoxy) is 1. The molecule has 98 valence electrons. The Kier molecular flexibility index (Phi) is 6.07. The smallest absolute Gasteiger partial charge is 0.250 e. The Morgan fingerprint density at radius 3 is 2.88 bits per heavy atom. The van der Waals surface area contributed by atoms with Crippen molar-refractivity contribution < 1.29 is 13.2 Å². The minimum Gasteiger partial charge on any atom is -0.380 e. The fourth-order valence-corrected chi connectivity index (χ4v) is 3.52. The SMILES string of the molecule is CCOCCNS(=O)(=O)c1cc(CNC)cs1. The number of sulfonamides is 1. The normalized spacial score (nSPS) is 11.9. The van der Waals surface area contributed by atoms with Crippen LogP contribution in [0.1, 0.15) is 12.5 Å². The first-order valence-corrected chi connectivity index (χ1v) is 7.76. The van der Waals surface area contributed by atoms with Gasteiger partial charge in [-0.2, -0.15) is 0 Å². The molecule has 1 aromatic rings. The zero-order chi connectivity index (χ0) is 12.7. The molecule has 7 heteroatoms. The summed E-state index contributed by atoms with van der Waals surface area (Å²) in [5.41, 5.74) is 0.975. The van der Waals surface area contributed by atoms with Crippen LogP contribution in [0.4, 0.5) is 0 Å². The molecule has 17 heavy (non-hydrogen) atoms. The van der Waals surface area contributed by atoms with E-state index in [4.69, 9.17) is 4.74 Å². The molecule has 2 N–H and O–H groups in total. The second-order valence-corrected chi connectivity index (χ2v) is 6.30. The Morgan fingerprint density at radius 2 is 2.24 bits per heavy atom. The third-order valence-electron chi connectivity index (χ3n) is 2.02. The molecular formula is C10H18N2O3S2. The molecule has 5 nitrogen and oxygen atoms in total. The first-order valence-electron chi connectivity index (χ1n) is 5.39. The van der Waals surface area contributed by atoms with E-state index in [1.165, 1.54) is 11.3 Å². The molecule has 0 aliphatic rings. The van der Waals surface area contributed by atoms with E-state index < -0.39 is 10.0 Å². The standard InChI is InChI=1S/C10H18N2O3S2/c1-3-15-5-4-12-17(13,14)10-6-9(7-11-2)8-16-10/h6,8,11-12H,3-5,7H2,1-2H3. The second kappa shape index (κ2) is 7.07. The zero-order valence-electron chi connectivity index (χ0n) is 10.0. The van der Waals surface area contributed by atoms with Crippen molar-refractivity contribution in [3.63, 3.8) is 0 Å². The molecule has 0 aromatic carbocycles. The third-order valence-corrected chi connectivity index (χ3v) is 4.97. The highest BCUT2D eigenvalue weighted by Gasteiger charge is 2.15. The Labute approximate surface area is 106 Å². The van der Waals surface area contributed by atoms with Crippen molar-refractivity contribution in [2.45, 2.75) is 17.7 Å². The average molecular weight is 278 g/mol. The van der Waals surface area contributed by atoms with Crippen molar-refractivity contribution in [1.82, 2.24) is 10.0 Å². The van der Waals surface area contributed by atoms with Crippen LogP contribution in [0.2, 0.25) is 0 Å². The van der Waals surface area contributed by atoms with Crippen molar-refractivity contribution in [2.75, 3.05) is 26.8 Å². The molecule has 0 radical (unpaired) electrons. The summed E-state index contributed by atoms with van der Waals surface area (Å²) in [6, 6.07) is 1.68. The Hall–Kier alpha value is -0.470. The maximum absolute atomic E-state index is 11.8. The predicted octanol–water partition coefficient (Wildman–Crippen LogP) is 0.782. The molecule has 0 saturated heterocycles. The molecule has 0 aliphatic heterocycles. The van der Waals surface area contributed by atoms with Gasteiger partial charge in [0.05, 0.1) is 6.61 Å². The lowest BCUT2D eigenvalue weighted by atomic mass is 10.3. The molecule has 0 aliphatic carbocycles. The summed E-state index contributed by atoms with van der Waals surface area (Å²) in [6.45, 7) is 3.83. The molecule has 1 aromatic heterocycles. The lowest BCUT2D eigenvalue weighted by molar-refractivity contribution is 0.153. The van der Waals surface area contributed by atoms with Gasteiger partial charge in [-0.1, -0.05) is 0 Å². The lowest BCUT2D eigenvalue weighted by Gasteiger charge is -2.04. The average Bonchev–Trinajstić information content (AvgIpc) is 2.74. The molecule has 0 unspecified atom stereocenters. The first kappa shape index (κ1) is 14.6. The van der Waals surface area contributed by atoms with Crippen LogP contribution in [0.5, 0.6) is 0 Å². The molecule has 1 rings (SSSR count). The second-order valence-electron chi connectivity index (χ2n) is 3.40. The van der Waals surface area contributed by atoms with Gasteiger partial charge in [0.15, 0.2) is 0 Å². The van der Waals surface area contributed by atoms with Gasteiger partial charge < -0.3 is 10.1 Å². The highest BCUT2D eigenvalue weighted by atomic mass is 32.2. The van der Waals surface area contributed by atoms with Crippen LogP contribution in [0.3, 0.4) is 0 Å². The fourth-order valence-electron chi connectivity index (χ4n) is 1.25. The van der Waals surface area contributed by atoms with Crippen molar-refractivity contribution in [1.29, 1.82) is 0 Å². The predicted molar refractivity (Wildman–Crippen MR) is 68.8 cm³/mol. The van der Waals surface area contributed by atoms with Gasteiger partial charge in [0.1, 0.15) is 4.21 Å². The van der Waals surface area contributed by atoms with Gasteiger partial charge in [0, 0.05) is 19.7 Å². The Bertz CT molecular complexity index is 429. The summed E-state index contributed by atoms with van der Waals surface area (Å²) >= 11 is 1.23. The lowest BCUT2D eigenvalue weighted by Crippen LogP contribution is -2.26. The summed E-state index contributed by atoms with van der Waals surface area (Å²) in [7, 11) is -1.55. The van der Waals surface area contributed by atoms with Crippen molar-refractivity contribution in [3.05, 3.63) is 17.0 Å². The van der Waals surface area contributed by atoms with E-state index in [1.54, 1.807) is 6.07 Å². The summed E-state index contributed by atoms with van der Waals surface area (Å²) in [4.78, 5) is 0. The minimum absolute atomic E-state index is 0.301. The van der Waals surface area contributed by atoms with Gasteiger partial charge in [-0.25, -0.2) is 13.1 Å². The van der Waals surface area contributed by atoms with Crippen molar-refractivity contribution >= 4 is 21.4 Å². The molecule has 0 amide bonds. The fraction of sp³-hybridized carbons (Fsp3) is 0.600. The van der Waals surface area contributed by atoms with E-state index in [9.17, 15) is 8.42 Å². The zero-order valence-corrected chi connectivity index (χ0v) is 11.7. The van der Waals surface area contributed by atoms with Gasteiger partial charge in [0.25, 0.3) is 0 Å². The maximum Gasteiger partial charge on any atom is 0.250 e. The summed E-state index contributed by atoms with van der Waals surface area (Å²) < 4.78 is 31.6. The van der Waals surface area contributed by atoms with Crippen molar-refractivity contribution in [3.8, 4) is 0 Å². The van der Waals surface area contributed by atoms with E-state index >= 15 is 0 Å². The van der Waals surface area contributed by atoms with Gasteiger partial charge >= 0.3 is 0 Å². The molecule has 1 heterocycles. The molecule has 0 spiro atoms. The molecule has 0 fully saturated rings. The van der Waals surface area contributed by atoms with E-state index in [1.807, 2.05) is 19.4 Å². The van der Waals surface area contributed by atoms with Crippen LogP contribution in [0.15, 0.2) is 15.7 Å². The Balaban J connectivity index is 2.56. The summed E-state index contributed by atoms with van der Waals surface area (Å²) in [5.74, 6) is 0. The minimum atomic E-state index is -3.38.